The summed E-state index contributed by atoms with van der Waals surface area (Å²) in [7, 11) is 0. The second-order valence-corrected chi connectivity index (χ2v) is 7.18. The van der Waals surface area contributed by atoms with Crippen LogP contribution in [-0.2, 0) is 4.79 Å². The van der Waals surface area contributed by atoms with Gasteiger partial charge in [-0.05, 0) is 55.8 Å². The van der Waals surface area contributed by atoms with Crippen LogP contribution in [0.1, 0.15) is 28.4 Å². The van der Waals surface area contributed by atoms with Crippen molar-refractivity contribution in [2.24, 2.45) is 5.10 Å². The van der Waals surface area contributed by atoms with Crippen molar-refractivity contribution < 1.29 is 19.2 Å². The highest BCUT2D eigenvalue weighted by Gasteiger charge is 2.09. The summed E-state index contributed by atoms with van der Waals surface area (Å²) in [6, 6.07) is 19.8. The Morgan fingerprint density at radius 1 is 1.00 bits per heavy atom. The third kappa shape index (κ3) is 6.73. The van der Waals surface area contributed by atoms with E-state index in [2.05, 4.69) is 15.8 Å². The number of nitro benzene ring substituents is 1. The number of aryl methyl sites for hydroxylation is 1. The van der Waals surface area contributed by atoms with Crippen LogP contribution in [0.4, 0.5) is 11.4 Å². The molecule has 0 unspecified atom stereocenters. The van der Waals surface area contributed by atoms with E-state index in [1.807, 2.05) is 19.1 Å². The third-order valence-electron chi connectivity index (χ3n) is 4.58. The molecule has 0 radical (unpaired) electrons. The van der Waals surface area contributed by atoms with E-state index in [0.717, 1.165) is 5.56 Å². The molecule has 0 atom stereocenters. The van der Waals surface area contributed by atoms with Crippen molar-refractivity contribution in [3.8, 4) is 5.75 Å². The molecule has 2 amide bonds. The van der Waals surface area contributed by atoms with E-state index in [1.165, 1.54) is 24.3 Å². The first kappa shape index (κ1) is 23.1. The zero-order valence-corrected chi connectivity index (χ0v) is 18.1. The fraction of sp³-hybridized carbons (Fsp3) is 0.125. The number of hydrazone groups is 1. The van der Waals surface area contributed by atoms with E-state index in [-0.39, 0.29) is 18.2 Å². The molecular formula is C24H22N4O5. The predicted molar refractivity (Wildman–Crippen MR) is 125 cm³/mol. The molecule has 0 bridgehead atoms. The van der Waals surface area contributed by atoms with Gasteiger partial charge in [-0.15, -0.1) is 0 Å². The van der Waals surface area contributed by atoms with E-state index >= 15 is 0 Å². The quantitative estimate of drug-likeness (QED) is 0.307. The molecule has 168 valence electrons. The summed E-state index contributed by atoms with van der Waals surface area (Å²) in [5.74, 6) is -0.382. The maximum absolute atomic E-state index is 12.5. The monoisotopic (exact) mass is 446 g/mol. The summed E-state index contributed by atoms with van der Waals surface area (Å²) < 4.78 is 5.30. The van der Waals surface area contributed by atoms with Crippen molar-refractivity contribution in [1.29, 1.82) is 0 Å². The summed E-state index contributed by atoms with van der Waals surface area (Å²) in [4.78, 5) is 34.6. The van der Waals surface area contributed by atoms with Gasteiger partial charge in [0.2, 0.25) is 0 Å². The normalized spacial score (nSPS) is 10.9. The van der Waals surface area contributed by atoms with Crippen LogP contribution in [0.5, 0.6) is 5.75 Å². The number of ether oxygens (including phenoxy) is 1. The van der Waals surface area contributed by atoms with Gasteiger partial charge in [-0.3, -0.25) is 19.7 Å². The zero-order valence-electron chi connectivity index (χ0n) is 18.1. The van der Waals surface area contributed by atoms with Gasteiger partial charge in [0.1, 0.15) is 5.75 Å². The molecule has 0 fully saturated rings. The lowest BCUT2D eigenvalue weighted by molar-refractivity contribution is -0.384. The summed E-state index contributed by atoms with van der Waals surface area (Å²) in [5, 5.41) is 17.6. The largest absolute Gasteiger partial charge is 0.484 e. The second-order valence-electron chi connectivity index (χ2n) is 7.18. The van der Waals surface area contributed by atoms with E-state index < -0.39 is 10.8 Å². The van der Waals surface area contributed by atoms with Crippen molar-refractivity contribution in [3.63, 3.8) is 0 Å². The Bertz CT molecular complexity index is 1210. The van der Waals surface area contributed by atoms with E-state index in [9.17, 15) is 19.7 Å². The van der Waals surface area contributed by atoms with Crippen LogP contribution in [0.15, 0.2) is 77.9 Å². The molecule has 33 heavy (non-hydrogen) atoms. The Morgan fingerprint density at radius 3 is 2.39 bits per heavy atom. The predicted octanol–water partition coefficient (Wildman–Crippen LogP) is 4.07. The standard InChI is InChI=1S/C24H22N4O5/c1-16-5-3-7-19(13-16)24(30)25-20-8-4-6-18(14-20)17(2)26-27-23(29)15-33-22-11-9-21(10-12-22)28(31)32/h3-14H,15H2,1-2H3,(H,25,30)(H,27,29)/b26-17-. The van der Waals surface area contributed by atoms with Gasteiger partial charge in [-0.25, -0.2) is 5.43 Å². The maximum atomic E-state index is 12.5. The molecule has 2 N–H and O–H groups in total. The molecule has 0 saturated heterocycles. The maximum Gasteiger partial charge on any atom is 0.277 e. The van der Waals surface area contributed by atoms with Gasteiger partial charge < -0.3 is 10.1 Å². The lowest BCUT2D eigenvalue weighted by Gasteiger charge is -2.09. The molecule has 0 aliphatic heterocycles. The van der Waals surface area contributed by atoms with Gasteiger partial charge in [-0.1, -0.05) is 29.8 Å². The number of amides is 2. The van der Waals surface area contributed by atoms with Gasteiger partial charge in [0.15, 0.2) is 6.61 Å². The molecular weight excluding hydrogens is 424 g/mol. The molecule has 0 spiro atoms. The van der Waals surface area contributed by atoms with E-state index in [1.54, 1.807) is 43.3 Å². The van der Waals surface area contributed by atoms with Crippen molar-refractivity contribution >= 4 is 28.9 Å². The summed E-state index contributed by atoms with van der Waals surface area (Å²) in [6.07, 6.45) is 0. The highest BCUT2D eigenvalue weighted by molar-refractivity contribution is 6.05. The molecule has 0 heterocycles. The number of non-ortho nitro benzene ring substituents is 1. The smallest absolute Gasteiger partial charge is 0.277 e. The molecule has 0 aliphatic carbocycles. The minimum atomic E-state index is -0.517. The third-order valence-corrected chi connectivity index (χ3v) is 4.58. The van der Waals surface area contributed by atoms with Crippen LogP contribution >= 0.6 is 0 Å². The van der Waals surface area contributed by atoms with Crippen molar-refractivity contribution in [1.82, 2.24) is 5.43 Å². The molecule has 9 heteroatoms. The van der Waals surface area contributed by atoms with Crippen LogP contribution in [-0.4, -0.2) is 29.1 Å². The van der Waals surface area contributed by atoms with E-state index in [0.29, 0.717) is 28.3 Å². The minimum Gasteiger partial charge on any atom is -0.484 e. The SMILES string of the molecule is C/C(=N/NC(=O)COc1ccc([N+](=O)[O-])cc1)c1cccc(NC(=O)c2cccc(C)c2)c1. The number of anilines is 1. The number of benzene rings is 3. The van der Waals surface area contributed by atoms with Crippen molar-refractivity contribution in [3.05, 3.63) is 99.6 Å². The van der Waals surface area contributed by atoms with Gasteiger partial charge in [-0.2, -0.15) is 5.10 Å². The number of rotatable bonds is 8. The lowest BCUT2D eigenvalue weighted by atomic mass is 10.1. The first-order valence-electron chi connectivity index (χ1n) is 10.0. The molecule has 9 nitrogen and oxygen atoms in total. The first-order valence-corrected chi connectivity index (χ1v) is 10.0. The summed E-state index contributed by atoms with van der Waals surface area (Å²) >= 11 is 0. The molecule has 0 saturated carbocycles. The number of carbonyl (C=O) groups excluding carboxylic acids is 2. The number of hydrogen-bond donors (Lipinski definition) is 2. The van der Waals surface area contributed by atoms with Crippen LogP contribution < -0.4 is 15.5 Å². The van der Waals surface area contributed by atoms with Gasteiger partial charge in [0.25, 0.3) is 17.5 Å². The van der Waals surface area contributed by atoms with Crippen molar-refractivity contribution in [2.45, 2.75) is 13.8 Å². The molecule has 3 aromatic rings. The Hall–Kier alpha value is -4.53. The Labute approximate surface area is 190 Å². The van der Waals surface area contributed by atoms with Crippen LogP contribution in [0.3, 0.4) is 0 Å². The summed E-state index contributed by atoms with van der Waals surface area (Å²) in [6.45, 7) is 3.34. The van der Waals surface area contributed by atoms with E-state index in [4.69, 9.17) is 4.74 Å². The van der Waals surface area contributed by atoms with Gasteiger partial charge >= 0.3 is 0 Å². The number of nitrogens with zero attached hydrogens (tertiary/aromatic N) is 2. The molecule has 3 aromatic carbocycles. The van der Waals surface area contributed by atoms with Crippen LogP contribution in [0.25, 0.3) is 0 Å². The minimum absolute atomic E-state index is 0.0654. The number of nitro groups is 1. The Kier molecular flexibility index (Phi) is 7.48. The topological polar surface area (TPSA) is 123 Å². The molecule has 0 aliphatic rings. The number of carbonyl (C=O) groups is 2. The molecule has 3 rings (SSSR count). The van der Waals surface area contributed by atoms with Gasteiger partial charge in [0, 0.05) is 23.4 Å². The van der Waals surface area contributed by atoms with Gasteiger partial charge in [0.05, 0.1) is 10.6 Å². The lowest BCUT2D eigenvalue weighted by Crippen LogP contribution is -2.25. The average molecular weight is 446 g/mol. The molecule has 0 aromatic heterocycles. The Balaban J connectivity index is 1.56. The first-order chi connectivity index (χ1) is 15.8. The summed E-state index contributed by atoms with van der Waals surface area (Å²) in [5.41, 5.74) is 5.74. The average Bonchev–Trinajstić information content (AvgIpc) is 2.81. The van der Waals surface area contributed by atoms with Crippen LogP contribution in [0, 0.1) is 17.0 Å². The Morgan fingerprint density at radius 2 is 1.70 bits per heavy atom. The highest BCUT2D eigenvalue weighted by Crippen LogP contribution is 2.17. The fourth-order valence-corrected chi connectivity index (χ4v) is 2.87. The van der Waals surface area contributed by atoms with Crippen LogP contribution in [0.2, 0.25) is 0 Å². The highest BCUT2D eigenvalue weighted by atomic mass is 16.6. The second kappa shape index (κ2) is 10.7. The fourth-order valence-electron chi connectivity index (χ4n) is 2.87. The van der Waals surface area contributed by atoms with Crippen molar-refractivity contribution in [2.75, 3.05) is 11.9 Å². The number of nitrogens with one attached hydrogen (secondary N) is 2. The number of hydrogen-bond acceptors (Lipinski definition) is 6. The zero-order chi connectivity index (χ0) is 23.8.